The number of rotatable bonds is 9. The van der Waals surface area contributed by atoms with Gasteiger partial charge < -0.3 is 5.11 Å². The molecule has 0 amide bonds. The van der Waals surface area contributed by atoms with Gasteiger partial charge in [0.2, 0.25) is 0 Å². The molecular weight excluding hydrogens is 184 g/mol. The van der Waals surface area contributed by atoms with Crippen molar-refractivity contribution < 1.29 is 5.11 Å². The summed E-state index contributed by atoms with van der Waals surface area (Å²) in [5.41, 5.74) is 1.52. The van der Waals surface area contributed by atoms with E-state index in [1.165, 1.54) is 37.7 Å². The second kappa shape index (κ2) is 10.2. The Hall–Kier alpha value is -0.300. The van der Waals surface area contributed by atoms with Gasteiger partial charge in [-0.3, -0.25) is 0 Å². The molecule has 0 aromatic heterocycles. The van der Waals surface area contributed by atoms with E-state index in [-0.39, 0.29) is 0 Å². The molecule has 0 aliphatic rings. The predicted octanol–water partition coefficient (Wildman–Crippen LogP) is 4.31. The van der Waals surface area contributed by atoms with Gasteiger partial charge in [-0.2, -0.15) is 0 Å². The maximum absolute atomic E-state index is 8.78. The molecule has 0 fully saturated rings. The summed E-state index contributed by atoms with van der Waals surface area (Å²) in [4.78, 5) is 0. The van der Waals surface area contributed by atoms with Crippen molar-refractivity contribution in [2.45, 2.75) is 65.7 Å². The van der Waals surface area contributed by atoms with Crippen LogP contribution in [0.5, 0.6) is 0 Å². The van der Waals surface area contributed by atoms with E-state index in [9.17, 15) is 0 Å². The number of hydrogen-bond donors (Lipinski definition) is 1. The summed E-state index contributed by atoms with van der Waals surface area (Å²) >= 11 is 0. The number of allylic oxidation sites excluding steroid dienone is 2. The predicted molar refractivity (Wildman–Crippen MR) is 68.0 cm³/mol. The second-order valence-corrected chi connectivity index (χ2v) is 4.71. The van der Waals surface area contributed by atoms with E-state index in [4.69, 9.17) is 5.11 Å². The van der Waals surface area contributed by atoms with Gasteiger partial charge >= 0.3 is 0 Å². The number of hydrogen-bond acceptors (Lipinski definition) is 1. The Labute approximate surface area is 95.6 Å². The fourth-order valence-electron chi connectivity index (χ4n) is 1.67. The molecule has 0 heterocycles. The molecule has 1 nitrogen and oxygen atoms in total. The molecule has 90 valence electrons. The fourth-order valence-corrected chi connectivity index (χ4v) is 1.67. The number of aliphatic hydroxyl groups excluding tert-OH is 1. The lowest BCUT2D eigenvalue weighted by atomic mass is 10.0. The van der Waals surface area contributed by atoms with Crippen LogP contribution in [0.2, 0.25) is 0 Å². The highest BCUT2D eigenvalue weighted by Crippen LogP contribution is 2.14. The van der Waals surface area contributed by atoms with Gasteiger partial charge in [0.05, 0.1) is 0 Å². The van der Waals surface area contributed by atoms with E-state index in [1.54, 1.807) is 0 Å². The Morgan fingerprint density at radius 3 is 2.60 bits per heavy atom. The van der Waals surface area contributed by atoms with Crippen LogP contribution in [0.4, 0.5) is 0 Å². The molecule has 0 aromatic rings. The SMILES string of the molecule is CCCCCCC(C)=CCC(C)CCO. The van der Waals surface area contributed by atoms with Gasteiger partial charge in [0, 0.05) is 6.61 Å². The van der Waals surface area contributed by atoms with E-state index in [2.05, 4.69) is 26.8 Å². The second-order valence-electron chi connectivity index (χ2n) is 4.71. The third-order valence-corrected chi connectivity index (χ3v) is 2.92. The molecule has 0 saturated carbocycles. The van der Waals surface area contributed by atoms with Crippen LogP contribution in [0, 0.1) is 5.92 Å². The Balaban J connectivity index is 3.51. The Morgan fingerprint density at radius 1 is 1.27 bits per heavy atom. The normalized spacial score (nSPS) is 14.3. The van der Waals surface area contributed by atoms with Gasteiger partial charge in [0.1, 0.15) is 0 Å². The standard InChI is InChI=1S/C14H28O/c1-4-5-6-7-8-13(2)9-10-14(3)11-12-15/h9,14-15H,4-8,10-12H2,1-3H3. The topological polar surface area (TPSA) is 20.2 Å². The molecular formula is C14H28O. The third-order valence-electron chi connectivity index (χ3n) is 2.92. The minimum absolute atomic E-state index is 0.324. The molecule has 0 radical (unpaired) electrons. The van der Waals surface area contributed by atoms with E-state index in [1.807, 2.05) is 0 Å². The first-order chi connectivity index (χ1) is 7.20. The van der Waals surface area contributed by atoms with Crippen molar-refractivity contribution in [2.75, 3.05) is 6.61 Å². The van der Waals surface area contributed by atoms with Crippen LogP contribution < -0.4 is 0 Å². The summed E-state index contributed by atoms with van der Waals surface area (Å²) in [5, 5.41) is 8.78. The lowest BCUT2D eigenvalue weighted by Crippen LogP contribution is -1.96. The molecule has 1 atom stereocenters. The quantitative estimate of drug-likeness (QED) is 0.446. The van der Waals surface area contributed by atoms with Crippen molar-refractivity contribution in [3.8, 4) is 0 Å². The monoisotopic (exact) mass is 212 g/mol. The van der Waals surface area contributed by atoms with Gasteiger partial charge in [-0.15, -0.1) is 0 Å². The zero-order chi connectivity index (χ0) is 11.5. The Morgan fingerprint density at radius 2 is 2.00 bits per heavy atom. The highest BCUT2D eigenvalue weighted by molar-refractivity contribution is 4.98. The van der Waals surface area contributed by atoms with Crippen molar-refractivity contribution in [3.63, 3.8) is 0 Å². The third kappa shape index (κ3) is 9.99. The van der Waals surface area contributed by atoms with Crippen molar-refractivity contribution in [3.05, 3.63) is 11.6 Å². The first kappa shape index (κ1) is 14.7. The molecule has 1 unspecified atom stereocenters. The van der Waals surface area contributed by atoms with Crippen molar-refractivity contribution in [1.29, 1.82) is 0 Å². The van der Waals surface area contributed by atoms with Crippen LogP contribution in [0.3, 0.4) is 0 Å². The van der Waals surface area contributed by atoms with Crippen molar-refractivity contribution >= 4 is 0 Å². The maximum Gasteiger partial charge on any atom is 0.0433 e. The molecule has 0 rings (SSSR count). The van der Waals surface area contributed by atoms with Crippen LogP contribution in [0.15, 0.2) is 11.6 Å². The fraction of sp³-hybridized carbons (Fsp3) is 0.857. The molecule has 0 aromatic carbocycles. The highest BCUT2D eigenvalue weighted by atomic mass is 16.3. The maximum atomic E-state index is 8.78. The summed E-state index contributed by atoms with van der Waals surface area (Å²) in [6.07, 6.45) is 11.1. The molecule has 0 aliphatic carbocycles. The van der Waals surface area contributed by atoms with Crippen molar-refractivity contribution in [1.82, 2.24) is 0 Å². The molecule has 1 N–H and O–H groups in total. The summed E-state index contributed by atoms with van der Waals surface area (Å²) in [7, 11) is 0. The average molecular weight is 212 g/mol. The van der Waals surface area contributed by atoms with E-state index in [0.717, 1.165) is 12.8 Å². The summed E-state index contributed by atoms with van der Waals surface area (Å²) in [6.45, 7) is 7.01. The first-order valence-electron chi connectivity index (χ1n) is 6.47. The van der Waals surface area contributed by atoms with E-state index in [0.29, 0.717) is 12.5 Å². The van der Waals surface area contributed by atoms with Crippen LogP contribution in [0.25, 0.3) is 0 Å². The van der Waals surface area contributed by atoms with Crippen LogP contribution >= 0.6 is 0 Å². The lowest BCUT2D eigenvalue weighted by Gasteiger charge is -2.07. The van der Waals surface area contributed by atoms with Gasteiger partial charge in [0.25, 0.3) is 0 Å². The van der Waals surface area contributed by atoms with Crippen molar-refractivity contribution in [2.24, 2.45) is 5.92 Å². The first-order valence-corrected chi connectivity index (χ1v) is 6.47. The average Bonchev–Trinajstić information content (AvgIpc) is 2.22. The van der Waals surface area contributed by atoms with Gasteiger partial charge in [-0.25, -0.2) is 0 Å². The minimum atomic E-state index is 0.324. The Kier molecular flexibility index (Phi) is 10.0. The zero-order valence-corrected chi connectivity index (χ0v) is 10.8. The highest BCUT2D eigenvalue weighted by Gasteiger charge is 1.98. The summed E-state index contributed by atoms with van der Waals surface area (Å²) in [6, 6.07) is 0. The summed E-state index contributed by atoms with van der Waals surface area (Å²) < 4.78 is 0. The zero-order valence-electron chi connectivity index (χ0n) is 10.8. The molecule has 0 saturated heterocycles. The van der Waals surface area contributed by atoms with Gasteiger partial charge in [-0.1, -0.05) is 44.8 Å². The molecule has 0 bridgehead atoms. The minimum Gasteiger partial charge on any atom is -0.396 e. The van der Waals surface area contributed by atoms with Crippen LogP contribution in [-0.4, -0.2) is 11.7 Å². The van der Waals surface area contributed by atoms with E-state index >= 15 is 0 Å². The van der Waals surface area contributed by atoms with Crippen LogP contribution in [-0.2, 0) is 0 Å². The molecule has 0 spiro atoms. The van der Waals surface area contributed by atoms with Crippen LogP contribution in [0.1, 0.15) is 65.7 Å². The number of unbranched alkanes of at least 4 members (excludes halogenated alkanes) is 3. The largest absolute Gasteiger partial charge is 0.396 e. The van der Waals surface area contributed by atoms with Gasteiger partial charge in [0.15, 0.2) is 0 Å². The molecule has 15 heavy (non-hydrogen) atoms. The van der Waals surface area contributed by atoms with E-state index < -0.39 is 0 Å². The molecule has 1 heteroatoms. The lowest BCUT2D eigenvalue weighted by molar-refractivity contribution is 0.263. The smallest absolute Gasteiger partial charge is 0.0433 e. The number of aliphatic hydroxyl groups is 1. The van der Waals surface area contributed by atoms with Gasteiger partial charge in [-0.05, 0) is 38.5 Å². The molecule has 0 aliphatic heterocycles. The summed E-state index contributed by atoms with van der Waals surface area (Å²) in [5.74, 6) is 0.626. The Bertz CT molecular complexity index is 161.